The van der Waals surface area contributed by atoms with E-state index in [1.807, 2.05) is 6.26 Å². The van der Waals surface area contributed by atoms with Crippen LogP contribution in [0.25, 0.3) is 0 Å². The van der Waals surface area contributed by atoms with Crippen LogP contribution >= 0.6 is 11.8 Å². The summed E-state index contributed by atoms with van der Waals surface area (Å²) >= 11 is 1.65. The fraction of sp³-hybridized carbons (Fsp3) is 1.00. The maximum absolute atomic E-state index is 6.16. The Morgan fingerprint density at radius 3 is 2.42 bits per heavy atom. The first-order valence-electron chi connectivity index (χ1n) is 4.48. The summed E-state index contributed by atoms with van der Waals surface area (Å²) in [6, 6.07) is 0.691. The Hall–Kier alpha value is 0.230. The van der Waals surface area contributed by atoms with Gasteiger partial charge in [0.05, 0.1) is 0 Å². The lowest BCUT2D eigenvalue weighted by atomic mass is 10.4. The molecule has 0 radical (unpaired) electrons. The fourth-order valence-electron chi connectivity index (χ4n) is 1.54. The summed E-state index contributed by atoms with van der Waals surface area (Å²) in [5.74, 6) is 0. The minimum atomic E-state index is -0.337. The molecule has 12 heavy (non-hydrogen) atoms. The molecule has 0 aromatic carbocycles. The van der Waals surface area contributed by atoms with Crippen LogP contribution in [0.1, 0.15) is 19.8 Å². The molecule has 0 aromatic heterocycles. The quantitative estimate of drug-likeness (QED) is 0.615. The summed E-state index contributed by atoms with van der Waals surface area (Å²) in [6.45, 7) is 3.67. The topological polar surface area (TPSA) is 55.3 Å². The van der Waals surface area contributed by atoms with Gasteiger partial charge in [0.15, 0.2) is 0 Å². The highest BCUT2D eigenvalue weighted by Crippen LogP contribution is 2.34. The number of thioether (sulfide) groups is 1. The molecule has 1 unspecified atom stereocenters. The standard InChI is InChI=1S/C8H19N3S/c1-3-11(7-4-5-7)8(10,6-9)12-2/h7H,3-6,9-10H2,1-2H3. The van der Waals surface area contributed by atoms with Crippen LogP contribution in [0.15, 0.2) is 0 Å². The van der Waals surface area contributed by atoms with Crippen LogP contribution in [0.3, 0.4) is 0 Å². The number of nitrogens with zero attached hydrogens (tertiary/aromatic N) is 1. The van der Waals surface area contributed by atoms with Gasteiger partial charge in [0.25, 0.3) is 0 Å². The molecule has 0 aromatic rings. The molecule has 1 aliphatic rings. The average Bonchev–Trinajstić information content (AvgIpc) is 2.89. The molecule has 3 nitrogen and oxygen atoms in total. The van der Waals surface area contributed by atoms with Crippen molar-refractivity contribution >= 4 is 11.8 Å². The summed E-state index contributed by atoms with van der Waals surface area (Å²) in [6.07, 6.45) is 4.60. The van der Waals surface area contributed by atoms with Crippen LogP contribution in [-0.4, -0.2) is 35.3 Å². The van der Waals surface area contributed by atoms with E-state index >= 15 is 0 Å². The van der Waals surface area contributed by atoms with E-state index in [0.717, 1.165) is 6.54 Å². The second-order valence-electron chi connectivity index (χ2n) is 3.27. The van der Waals surface area contributed by atoms with E-state index in [1.165, 1.54) is 12.8 Å². The van der Waals surface area contributed by atoms with Crippen LogP contribution in [-0.2, 0) is 0 Å². The Labute approximate surface area is 78.9 Å². The fourth-order valence-corrected chi connectivity index (χ4v) is 2.22. The lowest BCUT2D eigenvalue weighted by molar-refractivity contribution is 0.177. The maximum atomic E-state index is 6.16. The number of hydrogen-bond acceptors (Lipinski definition) is 4. The first-order valence-corrected chi connectivity index (χ1v) is 5.71. The molecule has 4 N–H and O–H groups in total. The summed E-state index contributed by atoms with van der Waals surface area (Å²) in [7, 11) is 0. The van der Waals surface area contributed by atoms with Crippen LogP contribution < -0.4 is 11.5 Å². The molecule has 0 amide bonds. The molecule has 0 spiro atoms. The van der Waals surface area contributed by atoms with Crippen molar-refractivity contribution in [2.75, 3.05) is 19.3 Å². The third-order valence-corrected chi connectivity index (χ3v) is 3.57. The highest BCUT2D eigenvalue weighted by Gasteiger charge is 2.39. The van der Waals surface area contributed by atoms with Crippen LogP contribution in [0.4, 0.5) is 0 Å². The van der Waals surface area contributed by atoms with Gasteiger partial charge in [-0.1, -0.05) is 6.92 Å². The summed E-state index contributed by atoms with van der Waals surface area (Å²) in [4.78, 5) is 1.98. The predicted molar refractivity (Wildman–Crippen MR) is 54.9 cm³/mol. The highest BCUT2D eigenvalue weighted by molar-refractivity contribution is 7.99. The van der Waals surface area contributed by atoms with Crippen molar-refractivity contribution in [1.29, 1.82) is 0 Å². The lowest BCUT2D eigenvalue weighted by Crippen LogP contribution is -2.58. The monoisotopic (exact) mass is 189 g/mol. The van der Waals surface area contributed by atoms with Gasteiger partial charge in [0, 0.05) is 12.6 Å². The Kier molecular flexibility index (Phi) is 3.40. The van der Waals surface area contributed by atoms with Gasteiger partial charge >= 0.3 is 0 Å². The van der Waals surface area contributed by atoms with Crippen LogP contribution in [0.2, 0.25) is 0 Å². The zero-order valence-corrected chi connectivity index (χ0v) is 8.73. The summed E-state index contributed by atoms with van der Waals surface area (Å²) < 4.78 is 0. The SMILES string of the molecule is CCN(C1CC1)C(N)(CN)SC. The second-order valence-corrected chi connectivity index (χ2v) is 4.39. The van der Waals surface area contributed by atoms with Crippen LogP contribution in [0.5, 0.6) is 0 Å². The van der Waals surface area contributed by atoms with Gasteiger partial charge in [-0.3, -0.25) is 4.90 Å². The van der Waals surface area contributed by atoms with Crippen LogP contribution in [0, 0.1) is 0 Å². The molecule has 1 saturated carbocycles. The van der Waals surface area contributed by atoms with Crippen molar-refractivity contribution in [1.82, 2.24) is 4.90 Å². The molecule has 0 aliphatic heterocycles. The maximum Gasteiger partial charge on any atom is 0.129 e. The normalized spacial score (nSPS) is 22.8. The van der Waals surface area contributed by atoms with Gasteiger partial charge in [-0.05, 0) is 25.6 Å². The summed E-state index contributed by atoms with van der Waals surface area (Å²) in [5, 5.41) is 0. The first kappa shape index (κ1) is 10.3. The van der Waals surface area contributed by atoms with Crippen molar-refractivity contribution in [3.05, 3.63) is 0 Å². The highest BCUT2D eigenvalue weighted by atomic mass is 32.2. The Morgan fingerprint density at radius 1 is 1.58 bits per heavy atom. The molecule has 1 fully saturated rings. The molecule has 1 rings (SSSR count). The molecule has 1 aliphatic carbocycles. The molecule has 0 heterocycles. The molecule has 4 heteroatoms. The Morgan fingerprint density at radius 2 is 2.17 bits per heavy atom. The van der Waals surface area contributed by atoms with E-state index < -0.39 is 0 Å². The minimum absolute atomic E-state index is 0.337. The number of rotatable bonds is 5. The van der Waals surface area contributed by atoms with Gasteiger partial charge in [-0.25, -0.2) is 0 Å². The van der Waals surface area contributed by atoms with Crippen molar-refractivity contribution in [2.24, 2.45) is 11.5 Å². The largest absolute Gasteiger partial charge is 0.327 e. The second kappa shape index (κ2) is 3.96. The van der Waals surface area contributed by atoms with E-state index in [4.69, 9.17) is 11.5 Å². The zero-order valence-electron chi connectivity index (χ0n) is 7.92. The van der Waals surface area contributed by atoms with E-state index in [0.29, 0.717) is 12.6 Å². The Bertz CT molecular complexity index is 143. The Balaban J connectivity index is 2.59. The molecule has 0 bridgehead atoms. The molecule has 72 valence electrons. The van der Waals surface area contributed by atoms with Gasteiger partial charge in [-0.15, -0.1) is 11.8 Å². The zero-order chi connectivity index (χ0) is 9.19. The average molecular weight is 189 g/mol. The van der Waals surface area contributed by atoms with E-state index in [9.17, 15) is 0 Å². The third-order valence-electron chi connectivity index (χ3n) is 2.46. The summed E-state index contributed by atoms with van der Waals surface area (Å²) in [5.41, 5.74) is 11.8. The number of likely N-dealkylation sites (N-methyl/N-ethyl adjacent to an activating group) is 1. The van der Waals surface area contributed by atoms with E-state index in [-0.39, 0.29) is 4.99 Å². The van der Waals surface area contributed by atoms with Crippen molar-refractivity contribution in [3.8, 4) is 0 Å². The molecular weight excluding hydrogens is 170 g/mol. The van der Waals surface area contributed by atoms with E-state index in [1.54, 1.807) is 11.8 Å². The van der Waals surface area contributed by atoms with Gasteiger partial charge in [-0.2, -0.15) is 0 Å². The van der Waals surface area contributed by atoms with Gasteiger partial charge in [0.2, 0.25) is 0 Å². The van der Waals surface area contributed by atoms with Crippen molar-refractivity contribution in [2.45, 2.75) is 30.8 Å². The number of hydrogen-bond donors (Lipinski definition) is 2. The minimum Gasteiger partial charge on any atom is -0.327 e. The molecular formula is C8H19N3S. The first-order chi connectivity index (χ1) is 5.68. The molecule has 1 atom stereocenters. The van der Waals surface area contributed by atoms with Gasteiger partial charge in [0.1, 0.15) is 4.99 Å². The van der Waals surface area contributed by atoms with Crippen molar-refractivity contribution < 1.29 is 0 Å². The predicted octanol–water partition coefficient (Wildman–Crippen LogP) is 0.405. The smallest absolute Gasteiger partial charge is 0.129 e. The number of nitrogens with two attached hydrogens (primary N) is 2. The lowest BCUT2D eigenvalue weighted by Gasteiger charge is -2.38. The van der Waals surface area contributed by atoms with Crippen molar-refractivity contribution in [3.63, 3.8) is 0 Å². The molecule has 0 saturated heterocycles. The third kappa shape index (κ3) is 1.93. The van der Waals surface area contributed by atoms with E-state index in [2.05, 4.69) is 11.8 Å². The van der Waals surface area contributed by atoms with Gasteiger partial charge < -0.3 is 11.5 Å².